The molecular formula is C35H33N5O4. The van der Waals surface area contributed by atoms with E-state index in [9.17, 15) is 19.2 Å². The van der Waals surface area contributed by atoms with Crippen LogP contribution in [0.25, 0.3) is 21.8 Å². The quantitative estimate of drug-likeness (QED) is 0.179. The van der Waals surface area contributed by atoms with Crippen molar-refractivity contribution in [1.82, 2.24) is 15.3 Å². The van der Waals surface area contributed by atoms with E-state index in [1.165, 1.54) is 0 Å². The van der Waals surface area contributed by atoms with Gasteiger partial charge in [0, 0.05) is 55.2 Å². The lowest BCUT2D eigenvalue weighted by Crippen LogP contribution is -2.45. The number of carbonyl (C=O) groups is 4. The largest absolute Gasteiger partial charge is 0.359 e. The van der Waals surface area contributed by atoms with Gasteiger partial charge in [0.2, 0.25) is 17.7 Å². The van der Waals surface area contributed by atoms with E-state index in [1.54, 1.807) is 56.7 Å². The lowest BCUT2D eigenvalue weighted by atomic mass is 9.75. The SMILES string of the molecule is CNC(=O)CCCC(=O)Nc1ccc(C(C)(C(=O)Cc2cccc3cccnc23)C(=O)Nc2cccc3cccnc23)cc1. The minimum Gasteiger partial charge on any atom is -0.359 e. The van der Waals surface area contributed by atoms with E-state index < -0.39 is 11.3 Å². The van der Waals surface area contributed by atoms with Crippen molar-refractivity contribution in [3.05, 3.63) is 108 Å². The second-order valence-electron chi connectivity index (χ2n) is 10.7. The minimum absolute atomic E-state index is 0.0180. The first-order chi connectivity index (χ1) is 21.3. The standard InChI is InChI=1S/C35H33N5O4/c1-35(29(41)22-25-10-3-8-23-11-6-20-37-32(23)25,34(44)40-28-13-4-9-24-12-7-21-38-33(24)28)26-16-18-27(19-17-26)39-31(43)15-5-14-30(42)36-2/h3-4,6-13,16-21H,5,14-15,22H2,1-2H3,(H,36,42)(H,39,43)(H,40,44). The number of fused-ring (bicyclic) bond motifs is 2. The summed E-state index contributed by atoms with van der Waals surface area (Å²) in [5.41, 5.74) is 1.94. The molecule has 9 heteroatoms. The van der Waals surface area contributed by atoms with E-state index in [0.29, 0.717) is 34.4 Å². The van der Waals surface area contributed by atoms with Crippen LogP contribution in [0.15, 0.2) is 97.3 Å². The Labute approximate surface area is 255 Å². The molecular weight excluding hydrogens is 554 g/mol. The zero-order chi connectivity index (χ0) is 31.1. The normalized spacial score (nSPS) is 12.3. The minimum atomic E-state index is -1.59. The fourth-order valence-electron chi connectivity index (χ4n) is 5.18. The molecule has 5 rings (SSSR count). The van der Waals surface area contributed by atoms with Gasteiger partial charge in [-0.25, -0.2) is 0 Å². The summed E-state index contributed by atoms with van der Waals surface area (Å²) in [7, 11) is 1.56. The first-order valence-electron chi connectivity index (χ1n) is 14.4. The van der Waals surface area contributed by atoms with Crippen molar-refractivity contribution in [3.63, 3.8) is 0 Å². The summed E-state index contributed by atoms with van der Waals surface area (Å²) >= 11 is 0. The number of amides is 3. The highest BCUT2D eigenvalue weighted by Crippen LogP contribution is 2.32. The molecule has 5 aromatic rings. The van der Waals surface area contributed by atoms with E-state index in [1.807, 2.05) is 54.6 Å². The van der Waals surface area contributed by atoms with Crippen LogP contribution in [0, 0.1) is 0 Å². The third-order valence-corrected chi connectivity index (χ3v) is 7.79. The molecule has 9 nitrogen and oxygen atoms in total. The Morgan fingerprint density at radius 2 is 1.32 bits per heavy atom. The van der Waals surface area contributed by atoms with Gasteiger partial charge in [-0.05, 0) is 54.8 Å². The van der Waals surface area contributed by atoms with E-state index in [2.05, 4.69) is 25.9 Å². The average Bonchev–Trinajstić information content (AvgIpc) is 3.05. The van der Waals surface area contributed by atoms with E-state index >= 15 is 0 Å². The van der Waals surface area contributed by atoms with Gasteiger partial charge in [-0.1, -0.05) is 54.6 Å². The molecule has 0 radical (unpaired) electrons. The van der Waals surface area contributed by atoms with Crippen molar-refractivity contribution in [2.45, 2.75) is 38.0 Å². The van der Waals surface area contributed by atoms with Crippen molar-refractivity contribution >= 4 is 56.7 Å². The maximum Gasteiger partial charge on any atom is 0.242 e. The molecule has 0 aliphatic rings. The molecule has 0 aliphatic heterocycles. The molecule has 0 bridgehead atoms. The van der Waals surface area contributed by atoms with Gasteiger partial charge in [0.25, 0.3) is 0 Å². The third kappa shape index (κ3) is 6.47. The summed E-state index contributed by atoms with van der Waals surface area (Å²) in [6.07, 6.45) is 4.18. The number of nitrogens with zero attached hydrogens (tertiary/aromatic N) is 2. The number of hydrogen-bond acceptors (Lipinski definition) is 6. The van der Waals surface area contributed by atoms with Crippen molar-refractivity contribution in [1.29, 1.82) is 0 Å². The average molecular weight is 588 g/mol. The van der Waals surface area contributed by atoms with E-state index in [0.717, 1.165) is 16.3 Å². The Hall–Kier alpha value is -5.44. The molecule has 3 amide bonds. The van der Waals surface area contributed by atoms with Gasteiger partial charge in [0.15, 0.2) is 5.78 Å². The Kier molecular flexibility index (Phi) is 9.04. The molecule has 0 saturated heterocycles. The highest BCUT2D eigenvalue weighted by Gasteiger charge is 2.43. The van der Waals surface area contributed by atoms with Crippen LogP contribution in [0.1, 0.15) is 37.3 Å². The summed E-state index contributed by atoms with van der Waals surface area (Å²) in [4.78, 5) is 61.2. The number of pyridine rings is 2. The van der Waals surface area contributed by atoms with Crippen LogP contribution >= 0.6 is 0 Å². The first kappa shape index (κ1) is 30.0. The van der Waals surface area contributed by atoms with Crippen molar-refractivity contribution in [2.24, 2.45) is 0 Å². The molecule has 44 heavy (non-hydrogen) atoms. The molecule has 1 unspecified atom stereocenters. The molecule has 2 aromatic heterocycles. The van der Waals surface area contributed by atoms with Crippen LogP contribution in [-0.4, -0.2) is 40.5 Å². The number of carbonyl (C=O) groups excluding carboxylic acids is 4. The number of ketones is 1. The lowest BCUT2D eigenvalue weighted by molar-refractivity contribution is -0.132. The fourth-order valence-corrected chi connectivity index (χ4v) is 5.18. The van der Waals surface area contributed by atoms with Crippen LogP contribution in [0.2, 0.25) is 0 Å². The number of Topliss-reactive ketones (excluding diaryl/α,β-unsaturated/α-hetero) is 1. The van der Waals surface area contributed by atoms with Gasteiger partial charge in [-0.2, -0.15) is 0 Å². The maximum atomic E-state index is 14.2. The maximum absolute atomic E-state index is 14.2. The number of para-hydroxylation sites is 2. The number of rotatable bonds is 11. The Morgan fingerprint density at radius 3 is 2.02 bits per heavy atom. The van der Waals surface area contributed by atoms with Crippen molar-refractivity contribution in [2.75, 3.05) is 17.7 Å². The second-order valence-corrected chi connectivity index (χ2v) is 10.7. The topological polar surface area (TPSA) is 130 Å². The zero-order valence-electron chi connectivity index (χ0n) is 24.6. The fraction of sp³-hybridized carbons (Fsp3) is 0.200. The molecule has 0 fully saturated rings. The van der Waals surface area contributed by atoms with Gasteiger partial charge >= 0.3 is 0 Å². The summed E-state index contributed by atoms with van der Waals surface area (Å²) in [5, 5.41) is 10.1. The first-order valence-corrected chi connectivity index (χ1v) is 14.4. The number of nitrogens with one attached hydrogen (secondary N) is 3. The van der Waals surface area contributed by atoms with Gasteiger partial charge < -0.3 is 16.0 Å². The van der Waals surface area contributed by atoms with Gasteiger partial charge in [0.1, 0.15) is 5.41 Å². The number of hydrogen-bond donors (Lipinski definition) is 3. The molecule has 3 aromatic carbocycles. The number of benzene rings is 3. The highest BCUT2D eigenvalue weighted by atomic mass is 16.2. The molecule has 0 aliphatic carbocycles. The predicted molar refractivity (Wildman–Crippen MR) is 171 cm³/mol. The van der Waals surface area contributed by atoms with Crippen molar-refractivity contribution < 1.29 is 19.2 Å². The van der Waals surface area contributed by atoms with E-state index in [4.69, 9.17) is 0 Å². The smallest absolute Gasteiger partial charge is 0.242 e. The Balaban J connectivity index is 1.44. The number of aromatic nitrogens is 2. The summed E-state index contributed by atoms with van der Waals surface area (Å²) < 4.78 is 0. The van der Waals surface area contributed by atoms with Crippen LogP contribution in [-0.2, 0) is 31.0 Å². The molecule has 222 valence electrons. The molecule has 1 atom stereocenters. The van der Waals surface area contributed by atoms with Crippen molar-refractivity contribution in [3.8, 4) is 0 Å². The van der Waals surface area contributed by atoms with Crippen LogP contribution in [0.3, 0.4) is 0 Å². The number of anilines is 2. The van der Waals surface area contributed by atoms with Crippen LogP contribution in [0.4, 0.5) is 11.4 Å². The zero-order valence-corrected chi connectivity index (χ0v) is 24.6. The Bertz CT molecular complexity index is 1750. The summed E-state index contributed by atoms with van der Waals surface area (Å²) in [5.74, 6) is -1.17. The van der Waals surface area contributed by atoms with Crippen LogP contribution in [0.5, 0.6) is 0 Å². The Morgan fingerprint density at radius 1 is 0.705 bits per heavy atom. The molecule has 2 heterocycles. The third-order valence-electron chi connectivity index (χ3n) is 7.79. The summed E-state index contributed by atoms with van der Waals surface area (Å²) in [6, 6.07) is 25.3. The summed E-state index contributed by atoms with van der Waals surface area (Å²) in [6.45, 7) is 1.62. The lowest BCUT2D eigenvalue weighted by Gasteiger charge is -2.28. The van der Waals surface area contributed by atoms with Gasteiger partial charge in [0.05, 0.1) is 16.7 Å². The van der Waals surface area contributed by atoms with Gasteiger partial charge in [-0.15, -0.1) is 0 Å². The van der Waals surface area contributed by atoms with Crippen LogP contribution < -0.4 is 16.0 Å². The highest BCUT2D eigenvalue weighted by molar-refractivity contribution is 6.18. The predicted octanol–water partition coefficient (Wildman–Crippen LogP) is 5.35. The van der Waals surface area contributed by atoms with Gasteiger partial charge in [-0.3, -0.25) is 29.1 Å². The molecule has 3 N–H and O–H groups in total. The second kappa shape index (κ2) is 13.2. The molecule has 0 saturated carbocycles. The molecule has 0 spiro atoms. The van der Waals surface area contributed by atoms with E-state index in [-0.39, 0.29) is 36.9 Å². The monoisotopic (exact) mass is 587 g/mol.